The number of hydrogen-bond donors (Lipinski definition) is 0. The Bertz CT molecular complexity index is 933. The molecular formula is C21H12O6. The van der Waals surface area contributed by atoms with Crippen LogP contribution in [0.4, 0.5) is 0 Å². The Morgan fingerprint density at radius 3 is 0.963 bits per heavy atom. The van der Waals surface area contributed by atoms with E-state index in [9.17, 15) is 14.4 Å². The Morgan fingerprint density at radius 1 is 0.407 bits per heavy atom. The SMILES string of the molecule is O=C1Oc2ccccc2C(=O)Oc2ccccc2C(=O)Oc2ccccc21. The number of fused-ring (bicyclic) bond motifs is 3. The van der Waals surface area contributed by atoms with Crippen molar-refractivity contribution in [3.63, 3.8) is 0 Å². The van der Waals surface area contributed by atoms with E-state index >= 15 is 0 Å². The number of benzene rings is 3. The monoisotopic (exact) mass is 360 g/mol. The maximum atomic E-state index is 12.6. The van der Waals surface area contributed by atoms with Gasteiger partial charge in [-0.05, 0) is 36.4 Å². The van der Waals surface area contributed by atoms with E-state index in [1.54, 1.807) is 36.4 Å². The lowest BCUT2D eigenvalue weighted by Crippen LogP contribution is -2.19. The number of esters is 3. The van der Waals surface area contributed by atoms with Crippen LogP contribution in [0.2, 0.25) is 0 Å². The second kappa shape index (κ2) is 6.76. The lowest BCUT2D eigenvalue weighted by Gasteiger charge is -2.15. The molecule has 0 saturated heterocycles. The van der Waals surface area contributed by atoms with Crippen LogP contribution in [-0.4, -0.2) is 17.9 Å². The fourth-order valence-electron chi connectivity index (χ4n) is 2.64. The Labute approximate surface area is 153 Å². The molecule has 0 bridgehead atoms. The molecule has 3 aromatic rings. The van der Waals surface area contributed by atoms with Gasteiger partial charge < -0.3 is 14.2 Å². The second-order valence-corrected chi connectivity index (χ2v) is 5.66. The fourth-order valence-corrected chi connectivity index (χ4v) is 2.64. The van der Waals surface area contributed by atoms with Crippen molar-refractivity contribution in [1.29, 1.82) is 0 Å². The van der Waals surface area contributed by atoms with Gasteiger partial charge in [0.05, 0.1) is 0 Å². The van der Waals surface area contributed by atoms with Gasteiger partial charge in [0.15, 0.2) is 0 Å². The largest absolute Gasteiger partial charge is 0.422 e. The van der Waals surface area contributed by atoms with E-state index in [-0.39, 0.29) is 33.9 Å². The summed E-state index contributed by atoms with van der Waals surface area (Å²) in [6.07, 6.45) is 0. The van der Waals surface area contributed by atoms with Crippen molar-refractivity contribution in [2.75, 3.05) is 0 Å². The summed E-state index contributed by atoms with van der Waals surface area (Å²) in [5.41, 5.74) is 0.186. The van der Waals surface area contributed by atoms with Crippen LogP contribution in [-0.2, 0) is 0 Å². The maximum absolute atomic E-state index is 12.6. The predicted octanol–water partition coefficient (Wildman–Crippen LogP) is 3.66. The van der Waals surface area contributed by atoms with Gasteiger partial charge in [-0.1, -0.05) is 36.4 Å². The lowest BCUT2D eigenvalue weighted by molar-refractivity contribution is 0.0678. The van der Waals surface area contributed by atoms with E-state index in [1.165, 1.54) is 36.4 Å². The van der Waals surface area contributed by atoms with E-state index in [0.29, 0.717) is 0 Å². The Balaban J connectivity index is 1.90. The van der Waals surface area contributed by atoms with E-state index in [4.69, 9.17) is 14.2 Å². The van der Waals surface area contributed by atoms with Crippen molar-refractivity contribution >= 4 is 17.9 Å². The number of carbonyl (C=O) groups is 3. The molecule has 0 aromatic heterocycles. The van der Waals surface area contributed by atoms with Crippen LogP contribution in [0.3, 0.4) is 0 Å². The first kappa shape index (κ1) is 16.5. The predicted molar refractivity (Wildman–Crippen MR) is 94.2 cm³/mol. The zero-order valence-electron chi connectivity index (χ0n) is 13.9. The molecule has 1 aliphatic rings. The fraction of sp³-hybridized carbons (Fsp3) is 0. The van der Waals surface area contributed by atoms with Crippen LogP contribution < -0.4 is 14.2 Å². The lowest BCUT2D eigenvalue weighted by atomic mass is 10.1. The summed E-state index contributed by atoms with van der Waals surface area (Å²) in [6, 6.07) is 18.6. The Kier molecular flexibility index (Phi) is 4.14. The molecule has 27 heavy (non-hydrogen) atoms. The third-order valence-corrected chi connectivity index (χ3v) is 3.93. The van der Waals surface area contributed by atoms with Crippen LogP contribution in [0.1, 0.15) is 31.1 Å². The van der Waals surface area contributed by atoms with Crippen molar-refractivity contribution in [3.05, 3.63) is 89.5 Å². The highest BCUT2D eigenvalue weighted by Gasteiger charge is 2.25. The molecule has 1 heterocycles. The first-order valence-electron chi connectivity index (χ1n) is 8.07. The van der Waals surface area contributed by atoms with Gasteiger partial charge in [0, 0.05) is 0 Å². The molecular weight excluding hydrogens is 348 g/mol. The molecule has 0 unspecified atom stereocenters. The normalized spacial score (nSPS) is 13.6. The van der Waals surface area contributed by atoms with Crippen LogP contribution in [0.5, 0.6) is 17.2 Å². The highest BCUT2D eigenvalue weighted by atomic mass is 16.6. The van der Waals surface area contributed by atoms with E-state index < -0.39 is 17.9 Å². The molecule has 0 saturated carbocycles. The topological polar surface area (TPSA) is 78.9 Å². The second-order valence-electron chi connectivity index (χ2n) is 5.66. The van der Waals surface area contributed by atoms with E-state index in [1.807, 2.05) is 0 Å². The zero-order valence-corrected chi connectivity index (χ0v) is 13.9. The minimum atomic E-state index is -0.757. The Morgan fingerprint density at radius 2 is 0.667 bits per heavy atom. The quantitative estimate of drug-likeness (QED) is 0.450. The summed E-state index contributed by atoms with van der Waals surface area (Å²) < 4.78 is 16.1. The van der Waals surface area contributed by atoms with Gasteiger partial charge >= 0.3 is 17.9 Å². The maximum Gasteiger partial charge on any atom is 0.347 e. The summed E-state index contributed by atoms with van der Waals surface area (Å²) in [7, 11) is 0. The van der Waals surface area contributed by atoms with Gasteiger partial charge in [-0.15, -0.1) is 0 Å². The minimum absolute atomic E-state index is 0.0479. The first-order chi connectivity index (χ1) is 13.1. The molecule has 4 rings (SSSR count). The number of para-hydroxylation sites is 3. The molecule has 3 aromatic carbocycles. The minimum Gasteiger partial charge on any atom is -0.422 e. The number of rotatable bonds is 0. The van der Waals surface area contributed by atoms with Crippen LogP contribution in [0, 0.1) is 0 Å². The third-order valence-electron chi connectivity index (χ3n) is 3.93. The molecule has 6 heteroatoms. The molecule has 132 valence electrons. The number of hydrogen-bond acceptors (Lipinski definition) is 6. The van der Waals surface area contributed by atoms with Crippen LogP contribution in [0.25, 0.3) is 0 Å². The van der Waals surface area contributed by atoms with Gasteiger partial charge in [-0.25, -0.2) is 14.4 Å². The summed E-state index contributed by atoms with van der Waals surface area (Å²) in [4.78, 5) is 37.7. The summed E-state index contributed by atoms with van der Waals surface area (Å²) in [6.45, 7) is 0. The molecule has 0 amide bonds. The highest BCUT2D eigenvalue weighted by molar-refractivity contribution is 6.02. The number of carbonyl (C=O) groups excluding carboxylic acids is 3. The van der Waals surface area contributed by atoms with Crippen LogP contribution in [0.15, 0.2) is 72.8 Å². The van der Waals surface area contributed by atoms with E-state index in [2.05, 4.69) is 0 Å². The third kappa shape index (κ3) is 3.16. The smallest absolute Gasteiger partial charge is 0.347 e. The summed E-state index contributed by atoms with van der Waals surface area (Å²) in [5.74, 6) is -2.13. The average molecular weight is 360 g/mol. The average Bonchev–Trinajstić information content (AvgIpc) is 2.68. The number of ether oxygens (including phenoxy) is 3. The standard InChI is InChI=1S/C21H12O6/c22-19-13-7-1-4-10-16(13)25-20(23)15-9-3-6-12-18(15)27-21(24)14-8-2-5-11-17(14)26-19/h1-12H. The summed E-state index contributed by atoms with van der Waals surface area (Å²) in [5, 5.41) is 0. The molecule has 0 N–H and O–H groups in total. The Hall–Kier alpha value is -3.93. The molecule has 6 nitrogen and oxygen atoms in total. The highest BCUT2D eigenvalue weighted by Crippen LogP contribution is 2.28. The van der Waals surface area contributed by atoms with Crippen LogP contribution >= 0.6 is 0 Å². The molecule has 0 fully saturated rings. The summed E-state index contributed by atoms with van der Waals surface area (Å²) >= 11 is 0. The van der Waals surface area contributed by atoms with Gasteiger partial charge in [0.25, 0.3) is 0 Å². The zero-order chi connectivity index (χ0) is 18.8. The van der Waals surface area contributed by atoms with Gasteiger partial charge in [-0.2, -0.15) is 0 Å². The first-order valence-corrected chi connectivity index (χ1v) is 8.07. The van der Waals surface area contributed by atoms with Gasteiger partial charge in [0.1, 0.15) is 33.9 Å². The van der Waals surface area contributed by atoms with Crippen molar-refractivity contribution in [2.45, 2.75) is 0 Å². The van der Waals surface area contributed by atoms with Gasteiger partial charge in [-0.3, -0.25) is 0 Å². The van der Waals surface area contributed by atoms with Crippen molar-refractivity contribution < 1.29 is 28.6 Å². The van der Waals surface area contributed by atoms with Crippen molar-refractivity contribution in [3.8, 4) is 17.2 Å². The van der Waals surface area contributed by atoms with Crippen molar-refractivity contribution in [2.24, 2.45) is 0 Å². The molecule has 0 aliphatic carbocycles. The van der Waals surface area contributed by atoms with Gasteiger partial charge in [0.2, 0.25) is 0 Å². The van der Waals surface area contributed by atoms with Crippen molar-refractivity contribution in [1.82, 2.24) is 0 Å². The molecule has 0 spiro atoms. The molecule has 0 atom stereocenters. The van der Waals surface area contributed by atoms with E-state index in [0.717, 1.165) is 0 Å². The molecule has 1 aliphatic heterocycles. The molecule has 0 radical (unpaired) electrons.